The molecule has 28 heavy (non-hydrogen) atoms. The molecule has 1 saturated heterocycles. The second kappa shape index (κ2) is 8.93. The molecule has 0 aliphatic carbocycles. The van der Waals surface area contributed by atoms with Crippen LogP contribution in [-0.2, 0) is 16.1 Å². The van der Waals surface area contributed by atoms with Crippen LogP contribution in [0.15, 0.2) is 36.5 Å². The highest BCUT2D eigenvalue weighted by molar-refractivity contribution is 5.77. The van der Waals surface area contributed by atoms with E-state index in [2.05, 4.69) is 10.3 Å². The Morgan fingerprint density at radius 2 is 1.96 bits per heavy atom. The third kappa shape index (κ3) is 4.92. The molecule has 1 aromatic carbocycles. The molecule has 1 aromatic heterocycles. The number of benzene rings is 1. The van der Waals surface area contributed by atoms with Gasteiger partial charge in [-0.3, -0.25) is 4.79 Å². The molecule has 0 spiro atoms. The minimum absolute atomic E-state index is 0.0246. The van der Waals surface area contributed by atoms with Crippen molar-refractivity contribution in [2.24, 2.45) is 0 Å². The number of carbonyl (C=O) groups is 1. The van der Waals surface area contributed by atoms with Crippen LogP contribution in [0.25, 0.3) is 0 Å². The summed E-state index contributed by atoms with van der Waals surface area (Å²) in [5, 5.41) is 2.92. The molecule has 3 rings (SSSR count). The lowest BCUT2D eigenvalue weighted by molar-refractivity contribution is -0.126. The summed E-state index contributed by atoms with van der Waals surface area (Å²) in [6.07, 6.45) is 3.97. The minimum Gasteiger partial charge on any atom is -0.493 e. The number of pyridine rings is 1. The Morgan fingerprint density at radius 3 is 2.54 bits per heavy atom. The van der Waals surface area contributed by atoms with Crippen molar-refractivity contribution in [3.8, 4) is 23.1 Å². The maximum atomic E-state index is 12.2. The molecule has 1 unspecified atom stereocenters. The maximum absolute atomic E-state index is 12.2. The lowest BCUT2D eigenvalue weighted by Crippen LogP contribution is -2.33. The van der Waals surface area contributed by atoms with Gasteiger partial charge in [-0.15, -0.1) is 0 Å². The van der Waals surface area contributed by atoms with Crippen molar-refractivity contribution in [1.82, 2.24) is 10.3 Å². The molecular weight excluding hydrogens is 360 g/mol. The van der Waals surface area contributed by atoms with E-state index in [4.69, 9.17) is 18.9 Å². The van der Waals surface area contributed by atoms with Crippen molar-refractivity contribution < 1.29 is 23.7 Å². The van der Waals surface area contributed by atoms with Gasteiger partial charge in [-0.25, -0.2) is 4.98 Å². The van der Waals surface area contributed by atoms with Crippen LogP contribution in [0.2, 0.25) is 0 Å². The average Bonchev–Trinajstić information content (AvgIpc) is 3.13. The number of hydrogen-bond acceptors (Lipinski definition) is 6. The molecule has 0 radical (unpaired) electrons. The molecule has 1 aliphatic rings. The smallest absolute Gasteiger partial charge is 0.223 e. The molecule has 0 bridgehead atoms. The van der Waals surface area contributed by atoms with Crippen molar-refractivity contribution in [3.63, 3.8) is 0 Å². The van der Waals surface area contributed by atoms with Crippen LogP contribution in [0.4, 0.5) is 0 Å². The van der Waals surface area contributed by atoms with Crippen LogP contribution >= 0.6 is 0 Å². The third-order valence-corrected chi connectivity index (χ3v) is 4.71. The standard InChI is InChI=1S/C21H26N2O5/c1-21(10-5-11-27-21)12-18(24)22-13-15-8-9-19(23-14-15)28-20-16(25-2)6-4-7-17(20)26-3/h4,6-9,14H,5,10-13H2,1-3H3,(H,22,24). The van der Waals surface area contributed by atoms with E-state index in [0.29, 0.717) is 36.1 Å². The van der Waals surface area contributed by atoms with Crippen molar-refractivity contribution in [2.75, 3.05) is 20.8 Å². The summed E-state index contributed by atoms with van der Waals surface area (Å²) in [5.41, 5.74) is 0.540. The Labute approximate surface area is 165 Å². The SMILES string of the molecule is COc1cccc(OC)c1Oc1ccc(CNC(=O)CC2(C)CCCO2)cn1. The number of hydrogen-bond donors (Lipinski definition) is 1. The van der Waals surface area contributed by atoms with Gasteiger partial charge >= 0.3 is 0 Å². The highest BCUT2D eigenvalue weighted by atomic mass is 16.5. The molecule has 1 atom stereocenters. The van der Waals surface area contributed by atoms with Crippen LogP contribution in [-0.4, -0.2) is 37.3 Å². The lowest BCUT2D eigenvalue weighted by atomic mass is 9.98. The summed E-state index contributed by atoms with van der Waals surface area (Å²) >= 11 is 0. The Kier molecular flexibility index (Phi) is 6.36. The molecule has 2 heterocycles. The van der Waals surface area contributed by atoms with E-state index in [1.54, 1.807) is 38.6 Å². The average molecular weight is 386 g/mol. The normalized spacial score (nSPS) is 18.5. The first-order valence-corrected chi connectivity index (χ1v) is 9.27. The summed E-state index contributed by atoms with van der Waals surface area (Å²) in [6, 6.07) is 9.00. The van der Waals surface area contributed by atoms with Crippen molar-refractivity contribution >= 4 is 5.91 Å². The predicted molar refractivity (Wildman–Crippen MR) is 104 cm³/mol. The number of methoxy groups -OCH3 is 2. The Bertz CT molecular complexity index is 779. The highest BCUT2D eigenvalue weighted by Crippen LogP contribution is 2.39. The van der Waals surface area contributed by atoms with Crippen molar-refractivity contribution in [2.45, 2.75) is 38.3 Å². The van der Waals surface area contributed by atoms with Crippen molar-refractivity contribution in [3.05, 3.63) is 42.1 Å². The van der Waals surface area contributed by atoms with Gasteiger partial charge in [0.1, 0.15) is 0 Å². The predicted octanol–water partition coefficient (Wildman–Crippen LogP) is 3.47. The van der Waals surface area contributed by atoms with Gasteiger partial charge < -0.3 is 24.3 Å². The van der Waals surface area contributed by atoms with E-state index in [-0.39, 0.29) is 11.5 Å². The van der Waals surface area contributed by atoms with Crippen LogP contribution in [0.5, 0.6) is 23.1 Å². The summed E-state index contributed by atoms with van der Waals surface area (Å²) < 4.78 is 22.1. The highest BCUT2D eigenvalue weighted by Gasteiger charge is 2.32. The Morgan fingerprint density at radius 1 is 1.21 bits per heavy atom. The fourth-order valence-electron chi connectivity index (χ4n) is 3.18. The van der Waals surface area contributed by atoms with E-state index >= 15 is 0 Å². The lowest BCUT2D eigenvalue weighted by Gasteiger charge is -2.22. The molecule has 7 nitrogen and oxygen atoms in total. The Balaban J connectivity index is 1.58. The first-order chi connectivity index (χ1) is 13.5. The maximum Gasteiger partial charge on any atom is 0.223 e. The molecule has 2 aromatic rings. The molecular formula is C21H26N2O5. The monoisotopic (exact) mass is 386 g/mol. The molecule has 1 fully saturated rings. The number of nitrogens with one attached hydrogen (secondary N) is 1. The van der Waals surface area contributed by atoms with E-state index < -0.39 is 0 Å². The van der Waals surface area contributed by atoms with E-state index in [9.17, 15) is 4.79 Å². The Hall–Kier alpha value is -2.80. The van der Waals surface area contributed by atoms with Gasteiger partial charge in [0.15, 0.2) is 11.5 Å². The van der Waals surface area contributed by atoms with Crippen LogP contribution in [0.1, 0.15) is 31.7 Å². The van der Waals surface area contributed by atoms with E-state index in [1.807, 2.05) is 19.1 Å². The largest absolute Gasteiger partial charge is 0.493 e. The van der Waals surface area contributed by atoms with Gasteiger partial charge in [-0.05, 0) is 37.5 Å². The van der Waals surface area contributed by atoms with Gasteiger partial charge in [0.2, 0.25) is 17.5 Å². The number of rotatable bonds is 8. The topological polar surface area (TPSA) is 78.9 Å². The number of nitrogens with zero attached hydrogens (tertiary/aromatic N) is 1. The van der Waals surface area contributed by atoms with E-state index in [1.165, 1.54) is 0 Å². The molecule has 0 saturated carbocycles. The summed E-state index contributed by atoms with van der Waals surface area (Å²) in [7, 11) is 3.13. The fourth-order valence-corrected chi connectivity index (χ4v) is 3.18. The summed E-state index contributed by atoms with van der Waals surface area (Å²) in [4.78, 5) is 16.5. The van der Waals surface area contributed by atoms with Crippen LogP contribution in [0, 0.1) is 0 Å². The minimum atomic E-state index is -0.339. The quantitative estimate of drug-likeness (QED) is 0.748. The second-order valence-corrected chi connectivity index (χ2v) is 6.95. The number of ether oxygens (including phenoxy) is 4. The molecule has 150 valence electrons. The third-order valence-electron chi connectivity index (χ3n) is 4.71. The number of aromatic nitrogens is 1. The zero-order valence-corrected chi connectivity index (χ0v) is 16.5. The van der Waals surface area contributed by atoms with Gasteiger partial charge in [-0.2, -0.15) is 0 Å². The molecule has 1 aliphatic heterocycles. The zero-order valence-electron chi connectivity index (χ0n) is 16.5. The molecule has 1 N–H and O–H groups in total. The first kappa shape index (κ1) is 19.9. The number of carbonyl (C=O) groups excluding carboxylic acids is 1. The molecule has 7 heteroatoms. The summed E-state index contributed by atoms with van der Waals surface area (Å²) in [6.45, 7) is 3.12. The molecule has 1 amide bonds. The van der Waals surface area contributed by atoms with Crippen molar-refractivity contribution in [1.29, 1.82) is 0 Å². The summed E-state index contributed by atoms with van der Waals surface area (Å²) in [5.74, 6) is 1.96. The number of para-hydroxylation sites is 1. The van der Waals surface area contributed by atoms with Crippen LogP contribution in [0.3, 0.4) is 0 Å². The van der Waals surface area contributed by atoms with Gasteiger partial charge in [0.05, 0.1) is 26.2 Å². The van der Waals surface area contributed by atoms with Gasteiger partial charge in [0, 0.05) is 25.4 Å². The van der Waals surface area contributed by atoms with Gasteiger partial charge in [0.25, 0.3) is 0 Å². The first-order valence-electron chi connectivity index (χ1n) is 9.27. The van der Waals surface area contributed by atoms with Gasteiger partial charge in [-0.1, -0.05) is 12.1 Å². The van der Waals surface area contributed by atoms with Crippen LogP contribution < -0.4 is 19.5 Å². The zero-order chi connectivity index (χ0) is 20.0. The second-order valence-electron chi connectivity index (χ2n) is 6.95. The van der Waals surface area contributed by atoms with E-state index in [0.717, 1.165) is 25.0 Å². The fraction of sp³-hybridized carbons (Fsp3) is 0.429. The number of amides is 1.